The topological polar surface area (TPSA) is 93.3 Å². The number of nitro benzene ring substituents is 1. The summed E-state index contributed by atoms with van der Waals surface area (Å²) < 4.78 is 37.6. The molecule has 0 saturated carbocycles. The summed E-state index contributed by atoms with van der Waals surface area (Å²) in [5.74, 6) is -1.24. The summed E-state index contributed by atoms with van der Waals surface area (Å²) in [4.78, 5) is 25.0. The summed E-state index contributed by atoms with van der Waals surface area (Å²) >= 11 is 0.960. The molecule has 6 nitrogen and oxygen atoms in total. The molecule has 2 aromatic rings. The van der Waals surface area contributed by atoms with Gasteiger partial charge in [0.2, 0.25) is 0 Å². The normalized spacial score (nSPS) is 11.6. The Kier molecular flexibility index (Phi) is 5.42. The number of pyridine rings is 1. The van der Waals surface area contributed by atoms with Crippen molar-refractivity contribution in [3.8, 4) is 0 Å². The molecule has 25 heavy (non-hydrogen) atoms. The lowest BCUT2D eigenvalue weighted by Crippen LogP contribution is -2.05. The predicted molar refractivity (Wildman–Crippen MR) is 83.1 cm³/mol. The van der Waals surface area contributed by atoms with E-state index in [2.05, 4.69) is 4.98 Å². The zero-order chi connectivity index (χ0) is 18.6. The van der Waals surface area contributed by atoms with Gasteiger partial charge in [-0.1, -0.05) is 11.8 Å². The first-order valence-corrected chi connectivity index (χ1v) is 7.39. The second kappa shape index (κ2) is 7.34. The van der Waals surface area contributed by atoms with Crippen molar-refractivity contribution in [1.29, 1.82) is 0 Å². The standard InChI is InChI=1S/C15H9F3N2O4S/c16-15(17,18)10-2-5-13(19-8-10)25-12-4-3-11(20(23)24)7-9(12)1-6-14(21)22/h1-8H,(H,21,22)/b6-1+. The first-order valence-electron chi connectivity index (χ1n) is 6.57. The molecule has 0 atom stereocenters. The van der Waals surface area contributed by atoms with Crippen molar-refractivity contribution in [3.63, 3.8) is 0 Å². The van der Waals surface area contributed by atoms with E-state index in [0.717, 1.165) is 23.9 Å². The lowest BCUT2D eigenvalue weighted by atomic mass is 10.2. The van der Waals surface area contributed by atoms with Crippen molar-refractivity contribution < 1.29 is 28.0 Å². The fourth-order valence-electron chi connectivity index (χ4n) is 1.75. The van der Waals surface area contributed by atoms with E-state index in [0.29, 0.717) is 11.1 Å². The Balaban J connectivity index is 2.34. The number of nitro groups is 1. The number of benzene rings is 1. The number of carboxylic acid groups (broad SMARTS) is 1. The lowest BCUT2D eigenvalue weighted by molar-refractivity contribution is -0.384. The maximum Gasteiger partial charge on any atom is 0.417 e. The Bertz CT molecular complexity index is 836. The number of carboxylic acids is 1. The van der Waals surface area contributed by atoms with Gasteiger partial charge < -0.3 is 5.11 Å². The number of rotatable bonds is 5. The van der Waals surface area contributed by atoms with Gasteiger partial charge in [0.05, 0.1) is 10.5 Å². The molecular weight excluding hydrogens is 361 g/mol. The average molecular weight is 370 g/mol. The fourth-order valence-corrected chi connectivity index (χ4v) is 2.60. The Hall–Kier alpha value is -2.88. The average Bonchev–Trinajstić information content (AvgIpc) is 2.53. The number of hydrogen-bond acceptors (Lipinski definition) is 5. The van der Waals surface area contributed by atoms with Crippen molar-refractivity contribution in [2.45, 2.75) is 16.1 Å². The highest BCUT2D eigenvalue weighted by Crippen LogP contribution is 2.34. The summed E-state index contributed by atoms with van der Waals surface area (Å²) in [6, 6.07) is 5.80. The molecule has 10 heteroatoms. The number of hydrogen-bond donors (Lipinski definition) is 1. The van der Waals surface area contributed by atoms with Gasteiger partial charge in [-0.2, -0.15) is 13.2 Å². The van der Waals surface area contributed by atoms with Crippen LogP contribution in [0.4, 0.5) is 18.9 Å². The van der Waals surface area contributed by atoms with Gasteiger partial charge in [-0.15, -0.1) is 0 Å². The Morgan fingerprint density at radius 1 is 1.28 bits per heavy atom. The van der Waals surface area contributed by atoms with Crippen molar-refractivity contribution in [2.75, 3.05) is 0 Å². The highest BCUT2D eigenvalue weighted by molar-refractivity contribution is 7.99. The van der Waals surface area contributed by atoms with Gasteiger partial charge in [0.1, 0.15) is 5.03 Å². The molecular formula is C15H9F3N2O4S. The van der Waals surface area contributed by atoms with Gasteiger partial charge >= 0.3 is 12.1 Å². The monoisotopic (exact) mass is 370 g/mol. The van der Waals surface area contributed by atoms with E-state index in [1.54, 1.807) is 0 Å². The van der Waals surface area contributed by atoms with E-state index in [1.807, 2.05) is 0 Å². The molecule has 0 radical (unpaired) electrons. The third-order valence-electron chi connectivity index (χ3n) is 2.89. The minimum Gasteiger partial charge on any atom is -0.478 e. The quantitative estimate of drug-likeness (QED) is 0.480. The molecule has 0 amide bonds. The van der Waals surface area contributed by atoms with Gasteiger partial charge in [-0.3, -0.25) is 10.1 Å². The molecule has 0 bridgehead atoms. The Morgan fingerprint density at radius 3 is 2.52 bits per heavy atom. The number of aliphatic carboxylic acids is 1. The molecule has 0 aliphatic rings. The van der Waals surface area contributed by atoms with Crippen LogP contribution in [0.1, 0.15) is 11.1 Å². The van der Waals surface area contributed by atoms with E-state index in [9.17, 15) is 28.1 Å². The molecule has 1 aromatic carbocycles. The summed E-state index contributed by atoms with van der Waals surface area (Å²) in [5.41, 5.74) is -0.899. The molecule has 0 unspecified atom stereocenters. The minimum atomic E-state index is -4.50. The van der Waals surface area contributed by atoms with Crippen LogP contribution in [0.2, 0.25) is 0 Å². The van der Waals surface area contributed by atoms with Crippen LogP contribution in [0, 0.1) is 10.1 Å². The number of halogens is 3. The Morgan fingerprint density at radius 2 is 2.00 bits per heavy atom. The smallest absolute Gasteiger partial charge is 0.417 e. The number of non-ortho nitro benzene ring substituents is 1. The molecule has 0 aliphatic heterocycles. The van der Waals surface area contributed by atoms with Crippen LogP contribution in [0.5, 0.6) is 0 Å². The van der Waals surface area contributed by atoms with Crippen molar-refractivity contribution in [3.05, 3.63) is 63.8 Å². The van der Waals surface area contributed by atoms with Crippen LogP contribution < -0.4 is 0 Å². The molecule has 0 spiro atoms. The van der Waals surface area contributed by atoms with Crippen LogP contribution in [0.3, 0.4) is 0 Å². The number of nitrogens with zero attached hydrogens (tertiary/aromatic N) is 2. The van der Waals surface area contributed by atoms with Crippen LogP contribution in [0.25, 0.3) is 6.08 Å². The zero-order valence-corrected chi connectivity index (χ0v) is 13.0. The number of alkyl halides is 3. The summed E-state index contributed by atoms with van der Waals surface area (Å²) in [5, 5.41) is 19.8. The Labute approximate surface area is 143 Å². The van der Waals surface area contributed by atoms with Gasteiger partial charge in [0.25, 0.3) is 5.69 Å². The van der Waals surface area contributed by atoms with E-state index in [-0.39, 0.29) is 16.3 Å². The molecule has 130 valence electrons. The van der Waals surface area contributed by atoms with Gasteiger partial charge in [0, 0.05) is 29.3 Å². The molecule has 1 heterocycles. The van der Waals surface area contributed by atoms with Crippen molar-refractivity contribution in [2.24, 2.45) is 0 Å². The lowest BCUT2D eigenvalue weighted by Gasteiger charge is -2.08. The first kappa shape index (κ1) is 18.5. The molecule has 1 N–H and O–H groups in total. The summed E-state index contributed by atoms with van der Waals surface area (Å²) in [6.45, 7) is 0. The highest BCUT2D eigenvalue weighted by Gasteiger charge is 2.30. The van der Waals surface area contributed by atoms with Crippen LogP contribution in [-0.2, 0) is 11.0 Å². The molecule has 0 saturated heterocycles. The summed E-state index contributed by atoms with van der Waals surface area (Å²) in [6.07, 6.45) is -1.84. The predicted octanol–water partition coefficient (Wildman–Crippen LogP) is 4.26. The maximum absolute atomic E-state index is 12.5. The van der Waals surface area contributed by atoms with E-state index < -0.39 is 22.6 Å². The third kappa shape index (κ3) is 5.05. The number of aromatic nitrogens is 1. The van der Waals surface area contributed by atoms with Crippen molar-refractivity contribution >= 4 is 29.5 Å². The SMILES string of the molecule is O=C(O)/C=C/c1cc([N+](=O)[O-])ccc1Sc1ccc(C(F)(F)F)cn1. The van der Waals surface area contributed by atoms with E-state index in [4.69, 9.17) is 5.11 Å². The summed E-state index contributed by atoms with van der Waals surface area (Å²) in [7, 11) is 0. The number of carbonyl (C=O) groups is 1. The highest BCUT2D eigenvalue weighted by atomic mass is 32.2. The van der Waals surface area contributed by atoms with E-state index in [1.165, 1.54) is 30.3 Å². The minimum absolute atomic E-state index is 0.229. The van der Waals surface area contributed by atoms with E-state index >= 15 is 0 Å². The van der Waals surface area contributed by atoms with Crippen molar-refractivity contribution in [1.82, 2.24) is 4.98 Å². The zero-order valence-electron chi connectivity index (χ0n) is 12.2. The molecule has 1 aromatic heterocycles. The second-order valence-corrected chi connectivity index (χ2v) is 5.70. The van der Waals surface area contributed by atoms with Crippen LogP contribution >= 0.6 is 11.8 Å². The maximum atomic E-state index is 12.5. The second-order valence-electron chi connectivity index (χ2n) is 4.64. The van der Waals surface area contributed by atoms with Crippen LogP contribution in [0.15, 0.2) is 52.5 Å². The van der Waals surface area contributed by atoms with Crippen LogP contribution in [-0.4, -0.2) is 21.0 Å². The first-order chi connectivity index (χ1) is 11.7. The third-order valence-corrected chi connectivity index (χ3v) is 3.93. The molecule has 2 rings (SSSR count). The van der Waals surface area contributed by atoms with Gasteiger partial charge in [-0.25, -0.2) is 9.78 Å². The van der Waals surface area contributed by atoms with Gasteiger partial charge in [-0.05, 0) is 29.8 Å². The van der Waals surface area contributed by atoms with Gasteiger partial charge in [0.15, 0.2) is 0 Å². The molecule has 0 aliphatic carbocycles. The molecule has 0 fully saturated rings. The fraction of sp³-hybridized carbons (Fsp3) is 0.0667. The largest absolute Gasteiger partial charge is 0.478 e.